The van der Waals surface area contributed by atoms with Crippen molar-refractivity contribution in [1.29, 1.82) is 0 Å². The van der Waals surface area contributed by atoms with Crippen molar-refractivity contribution in [2.24, 2.45) is 0 Å². The highest BCUT2D eigenvalue weighted by molar-refractivity contribution is 7.00. The molecule has 10 rings (SSSR count). The molecule has 0 bridgehead atoms. The van der Waals surface area contributed by atoms with Crippen molar-refractivity contribution in [3.8, 4) is 16.9 Å². The Labute approximate surface area is 326 Å². The van der Waals surface area contributed by atoms with Gasteiger partial charge < -0.3 is 14.5 Å². The maximum atomic E-state index is 6.57. The third-order valence-corrected chi connectivity index (χ3v) is 12.1. The van der Waals surface area contributed by atoms with Gasteiger partial charge in [0, 0.05) is 51.2 Å². The van der Waals surface area contributed by atoms with Gasteiger partial charge in [0.2, 0.25) is 0 Å². The Kier molecular flexibility index (Phi) is 8.51. The first-order valence-electron chi connectivity index (χ1n) is 20.5. The second kappa shape index (κ2) is 13.8. The predicted octanol–water partition coefficient (Wildman–Crippen LogP) is 11.3. The summed E-state index contributed by atoms with van der Waals surface area (Å²) in [6, 6.07) is 46.5. The third-order valence-electron chi connectivity index (χ3n) is 12.1. The number of ether oxygens (including phenoxy) is 1. The van der Waals surface area contributed by atoms with E-state index in [4.69, 9.17) is 4.74 Å². The fourth-order valence-electron chi connectivity index (χ4n) is 9.67. The number of nitrogens with zero attached hydrogens (tertiary/aromatic N) is 2. The van der Waals surface area contributed by atoms with Gasteiger partial charge in [-0.15, -0.1) is 0 Å². The molecule has 55 heavy (non-hydrogen) atoms. The molecule has 0 N–H and O–H groups in total. The average Bonchev–Trinajstić information content (AvgIpc) is 3.61. The van der Waals surface area contributed by atoms with Crippen molar-refractivity contribution in [1.82, 2.24) is 0 Å². The van der Waals surface area contributed by atoms with E-state index in [1.807, 2.05) is 0 Å². The summed E-state index contributed by atoms with van der Waals surface area (Å²) in [5.41, 5.74) is 19.4. The molecule has 3 heterocycles. The number of hydrogen-bond donors (Lipinski definition) is 0. The van der Waals surface area contributed by atoms with Crippen LogP contribution in [0.4, 0.5) is 34.1 Å². The molecular weight excluding hydrogens is 667 g/mol. The van der Waals surface area contributed by atoms with Crippen LogP contribution in [0.15, 0.2) is 146 Å². The number of anilines is 6. The Balaban J connectivity index is 1.14. The highest BCUT2D eigenvalue weighted by Gasteiger charge is 2.43. The van der Waals surface area contributed by atoms with Gasteiger partial charge in [-0.05, 0) is 113 Å². The van der Waals surface area contributed by atoms with E-state index >= 15 is 0 Å². The van der Waals surface area contributed by atoms with E-state index in [-0.39, 0.29) is 18.7 Å². The molecule has 4 aliphatic rings. The fraction of sp³-hybridized carbons (Fsp3) is 0.216. The van der Waals surface area contributed by atoms with E-state index in [1.165, 1.54) is 72.6 Å². The Hall–Kier alpha value is -5.74. The molecule has 0 radical (unpaired) electrons. The molecule has 0 saturated heterocycles. The van der Waals surface area contributed by atoms with Crippen LogP contribution < -0.4 is 30.9 Å². The molecule has 0 aromatic heterocycles. The summed E-state index contributed by atoms with van der Waals surface area (Å²) < 4.78 is 6.57. The monoisotopic (exact) mass is 714 g/mol. The summed E-state index contributed by atoms with van der Waals surface area (Å²) >= 11 is 0. The summed E-state index contributed by atoms with van der Waals surface area (Å²) in [5, 5.41) is 0. The Morgan fingerprint density at radius 3 is 1.71 bits per heavy atom. The highest BCUT2D eigenvalue weighted by Crippen LogP contribution is 2.48. The highest BCUT2D eigenvalue weighted by atomic mass is 16.5. The molecule has 1 aliphatic carbocycles. The lowest BCUT2D eigenvalue weighted by molar-refractivity contribution is 0.270. The van der Waals surface area contributed by atoms with Crippen molar-refractivity contribution >= 4 is 57.2 Å². The summed E-state index contributed by atoms with van der Waals surface area (Å²) in [6.07, 6.45) is 15.4. The third kappa shape index (κ3) is 5.56. The van der Waals surface area contributed by atoms with Gasteiger partial charge in [0.05, 0.1) is 0 Å². The van der Waals surface area contributed by atoms with Crippen molar-refractivity contribution in [3.05, 3.63) is 168 Å². The number of hydrogen-bond acceptors (Lipinski definition) is 3. The van der Waals surface area contributed by atoms with Crippen LogP contribution in [-0.2, 0) is 19.3 Å². The average molecular weight is 715 g/mol. The van der Waals surface area contributed by atoms with E-state index in [2.05, 4.69) is 176 Å². The molecule has 3 aliphatic heterocycles. The zero-order valence-corrected chi connectivity index (χ0v) is 32.1. The van der Waals surface area contributed by atoms with Crippen molar-refractivity contribution in [2.45, 2.75) is 71.3 Å². The molecule has 0 fully saturated rings. The summed E-state index contributed by atoms with van der Waals surface area (Å²) in [4.78, 5) is 5.04. The summed E-state index contributed by atoms with van der Waals surface area (Å²) in [6.45, 7) is 6.95. The molecule has 2 atom stereocenters. The van der Waals surface area contributed by atoms with Crippen molar-refractivity contribution in [3.63, 3.8) is 0 Å². The molecule has 2 unspecified atom stereocenters. The Bertz CT molecular complexity index is 2480. The van der Waals surface area contributed by atoms with Crippen LogP contribution in [-0.4, -0.2) is 12.8 Å². The van der Waals surface area contributed by atoms with E-state index in [0.717, 1.165) is 55.5 Å². The Morgan fingerprint density at radius 2 is 1.09 bits per heavy atom. The zero-order chi connectivity index (χ0) is 37.0. The lowest BCUT2D eigenvalue weighted by Crippen LogP contribution is -2.61. The van der Waals surface area contributed by atoms with Crippen LogP contribution in [0.25, 0.3) is 11.1 Å². The molecule has 3 nitrogen and oxygen atoms in total. The van der Waals surface area contributed by atoms with Crippen LogP contribution in [0.2, 0.25) is 0 Å². The SMILES string of the molecule is CCCc1ccc(N2c3ccc(CCC)cc3B3c4cc(CCC)ccc4N(c4ccc(-c5cccc6c5OC5C=CC=CC65)cc4)c4cccc2c43)cc1. The number of para-hydroxylation sites is 1. The molecule has 6 aromatic carbocycles. The summed E-state index contributed by atoms with van der Waals surface area (Å²) in [5.74, 6) is 1.29. The standard InChI is InChI=1S/C51H47BN2O/c1-4-11-34-20-26-38(27-21-34)53-45-30-22-35(12-5-2)32-43(45)52-44-33-36(13-6-3)23-31-46(44)54(48-18-10-17-47(53)50(48)52)39-28-24-37(25-29-39)40-15-9-16-42-41-14-7-8-19-49(41)55-51(40)42/h7-10,14-33,41,49H,4-6,11-13H2,1-3H3. The first-order valence-corrected chi connectivity index (χ1v) is 20.5. The lowest BCUT2D eigenvalue weighted by Gasteiger charge is -2.44. The van der Waals surface area contributed by atoms with Crippen molar-refractivity contribution in [2.75, 3.05) is 9.80 Å². The van der Waals surface area contributed by atoms with E-state index in [9.17, 15) is 0 Å². The second-order valence-corrected chi connectivity index (χ2v) is 15.7. The molecule has 0 saturated carbocycles. The predicted molar refractivity (Wildman–Crippen MR) is 233 cm³/mol. The van der Waals surface area contributed by atoms with Gasteiger partial charge in [0.15, 0.2) is 0 Å². The quantitative estimate of drug-likeness (QED) is 0.138. The smallest absolute Gasteiger partial charge is 0.252 e. The Morgan fingerprint density at radius 1 is 0.545 bits per heavy atom. The number of fused-ring (bicyclic) bond motifs is 7. The topological polar surface area (TPSA) is 15.7 Å². The lowest BCUT2D eigenvalue weighted by atomic mass is 9.33. The molecule has 0 amide bonds. The fourth-order valence-corrected chi connectivity index (χ4v) is 9.67. The van der Waals surface area contributed by atoms with Gasteiger partial charge >= 0.3 is 0 Å². The zero-order valence-electron chi connectivity index (χ0n) is 32.1. The van der Waals surface area contributed by atoms with Gasteiger partial charge in [-0.3, -0.25) is 0 Å². The van der Waals surface area contributed by atoms with Crippen LogP contribution in [0.5, 0.6) is 5.75 Å². The normalized spacial score (nSPS) is 17.0. The number of rotatable bonds is 9. The minimum atomic E-state index is 0.0668. The molecule has 270 valence electrons. The van der Waals surface area contributed by atoms with Gasteiger partial charge in [0.1, 0.15) is 11.9 Å². The van der Waals surface area contributed by atoms with Crippen LogP contribution in [0.1, 0.15) is 68.2 Å². The minimum absolute atomic E-state index is 0.0668. The number of aryl methyl sites for hydroxylation is 3. The first-order chi connectivity index (χ1) is 27.1. The van der Waals surface area contributed by atoms with E-state index in [0.29, 0.717) is 0 Å². The van der Waals surface area contributed by atoms with Gasteiger partial charge in [0.25, 0.3) is 6.71 Å². The maximum Gasteiger partial charge on any atom is 0.252 e. The van der Waals surface area contributed by atoms with E-state index in [1.54, 1.807) is 0 Å². The maximum absolute atomic E-state index is 6.57. The molecular formula is C51H47BN2O. The number of benzene rings is 6. The van der Waals surface area contributed by atoms with Crippen molar-refractivity contribution < 1.29 is 4.74 Å². The first kappa shape index (κ1) is 33.8. The second-order valence-electron chi connectivity index (χ2n) is 15.7. The minimum Gasteiger partial charge on any atom is -0.484 e. The largest absolute Gasteiger partial charge is 0.484 e. The molecule has 4 heteroatoms. The summed E-state index contributed by atoms with van der Waals surface area (Å²) in [7, 11) is 0. The van der Waals surface area contributed by atoms with Crippen LogP contribution in [0, 0.1) is 0 Å². The molecule has 0 spiro atoms. The number of allylic oxidation sites excluding steroid dienone is 2. The van der Waals surface area contributed by atoms with Crippen LogP contribution >= 0.6 is 0 Å². The van der Waals surface area contributed by atoms with Gasteiger partial charge in [-0.2, -0.15) is 0 Å². The molecule has 6 aromatic rings. The van der Waals surface area contributed by atoms with Crippen LogP contribution in [0.3, 0.4) is 0 Å². The van der Waals surface area contributed by atoms with E-state index < -0.39 is 0 Å². The van der Waals surface area contributed by atoms with Gasteiger partial charge in [-0.1, -0.05) is 131 Å². The van der Waals surface area contributed by atoms with Gasteiger partial charge in [-0.25, -0.2) is 0 Å².